The van der Waals surface area contributed by atoms with Crippen LogP contribution in [-0.4, -0.2) is 48.0 Å². The topological polar surface area (TPSA) is 49.8 Å². The molecule has 1 aliphatic heterocycles. The third kappa shape index (κ3) is 4.53. The van der Waals surface area contributed by atoms with Crippen LogP contribution in [0.1, 0.15) is 12.0 Å². The summed E-state index contributed by atoms with van der Waals surface area (Å²) < 4.78 is 5.47. The van der Waals surface area contributed by atoms with Crippen LogP contribution in [-0.2, 0) is 16.1 Å². The van der Waals surface area contributed by atoms with Crippen molar-refractivity contribution in [2.45, 2.75) is 24.0 Å². The Morgan fingerprint density at radius 1 is 1.47 bits per heavy atom. The van der Waals surface area contributed by atoms with Crippen LogP contribution in [0.25, 0.3) is 0 Å². The van der Waals surface area contributed by atoms with E-state index in [4.69, 9.17) is 9.84 Å². The van der Waals surface area contributed by atoms with E-state index in [1.54, 1.807) is 11.8 Å². The quantitative estimate of drug-likeness (QED) is 0.837. The number of hydrogen-bond donors (Lipinski definition) is 1. The van der Waals surface area contributed by atoms with Crippen LogP contribution in [0.3, 0.4) is 0 Å². The summed E-state index contributed by atoms with van der Waals surface area (Å²) >= 11 is 1.73. The molecule has 1 N–H and O–H groups in total. The molecule has 1 saturated heterocycles. The molecule has 0 aromatic heterocycles. The second-order valence-corrected chi connectivity index (χ2v) is 5.55. The lowest BCUT2D eigenvalue weighted by Gasteiger charge is -2.32. The molecular weight excluding hydrogens is 262 g/mol. The van der Waals surface area contributed by atoms with E-state index in [2.05, 4.69) is 35.4 Å². The van der Waals surface area contributed by atoms with Crippen molar-refractivity contribution < 1.29 is 14.6 Å². The Kier molecular flexibility index (Phi) is 5.24. The molecule has 1 heterocycles. The number of carbonyl (C=O) groups is 1. The first kappa shape index (κ1) is 14.4. The van der Waals surface area contributed by atoms with Crippen LogP contribution in [0.5, 0.6) is 0 Å². The van der Waals surface area contributed by atoms with Crippen LogP contribution in [0.2, 0.25) is 0 Å². The number of hydrogen-bond acceptors (Lipinski definition) is 4. The van der Waals surface area contributed by atoms with Gasteiger partial charge in [-0.3, -0.25) is 9.69 Å². The Morgan fingerprint density at radius 3 is 2.84 bits per heavy atom. The lowest BCUT2D eigenvalue weighted by molar-refractivity contribution is -0.142. The monoisotopic (exact) mass is 281 g/mol. The molecule has 0 saturated carbocycles. The molecule has 2 rings (SSSR count). The zero-order chi connectivity index (χ0) is 13.7. The number of carboxylic acids is 1. The third-order valence-corrected chi connectivity index (χ3v) is 3.93. The van der Waals surface area contributed by atoms with E-state index in [0.29, 0.717) is 13.2 Å². The number of aliphatic carboxylic acids is 1. The maximum absolute atomic E-state index is 10.7. The van der Waals surface area contributed by atoms with E-state index >= 15 is 0 Å². The van der Waals surface area contributed by atoms with E-state index in [9.17, 15) is 4.79 Å². The van der Waals surface area contributed by atoms with Gasteiger partial charge in [0.05, 0.1) is 19.1 Å². The number of carboxylic acid groups (broad SMARTS) is 1. The summed E-state index contributed by atoms with van der Waals surface area (Å²) in [7, 11) is 0. The Morgan fingerprint density at radius 2 is 2.21 bits per heavy atom. The van der Waals surface area contributed by atoms with Gasteiger partial charge < -0.3 is 9.84 Å². The largest absolute Gasteiger partial charge is 0.481 e. The van der Waals surface area contributed by atoms with Crippen molar-refractivity contribution in [2.75, 3.05) is 26.0 Å². The third-order valence-electron chi connectivity index (χ3n) is 3.19. The molecule has 19 heavy (non-hydrogen) atoms. The van der Waals surface area contributed by atoms with Crippen LogP contribution in [0, 0.1) is 0 Å². The Bertz CT molecular complexity index is 421. The molecule has 5 heteroatoms. The fourth-order valence-corrected chi connectivity index (χ4v) is 2.64. The fraction of sp³-hybridized carbons (Fsp3) is 0.500. The molecule has 0 spiro atoms. The first-order chi connectivity index (χ1) is 9.17. The minimum atomic E-state index is -0.795. The van der Waals surface area contributed by atoms with Crippen molar-refractivity contribution in [1.82, 2.24) is 4.90 Å². The first-order valence-electron chi connectivity index (χ1n) is 6.36. The maximum atomic E-state index is 10.7. The number of thioether (sulfide) groups is 1. The number of rotatable bonds is 5. The van der Waals surface area contributed by atoms with E-state index < -0.39 is 5.97 Å². The SMILES string of the molecule is CSc1ccc(CN2CCOC(CC(=O)O)C2)cc1. The fourth-order valence-electron chi connectivity index (χ4n) is 2.23. The maximum Gasteiger partial charge on any atom is 0.306 e. The molecule has 1 aromatic rings. The molecule has 1 atom stereocenters. The van der Waals surface area contributed by atoms with Gasteiger partial charge in [-0.1, -0.05) is 12.1 Å². The minimum Gasteiger partial charge on any atom is -0.481 e. The van der Waals surface area contributed by atoms with Gasteiger partial charge in [0.1, 0.15) is 0 Å². The highest BCUT2D eigenvalue weighted by Crippen LogP contribution is 2.17. The number of morpholine rings is 1. The van der Waals surface area contributed by atoms with Crippen LogP contribution in [0.15, 0.2) is 29.2 Å². The zero-order valence-electron chi connectivity index (χ0n) is 11.0. The van der Waals surface area contributed by atoms with Crippen molar-refractivity contribution in [3.8, 4) is 0 Å². The van der Waals surface area contributed by atoms with Gasteiger partial charge in [0.2, 0.25) is 0 Å². The number of ether oxygens (including phenoxy) is 1. The van der Waals surface area contributed by atoms with E-state index in [0.717, 1.165) is 13.1 Å². The number of nitrogens with zero attached hydrogens (tertiary/aromatic N) is 1. The second kappa shape index (κ2) is 6.93. The van der Waals surface area contributed by atoms with E-state index in [1.807, 2.05) is 0 Å². The smallest absolute Gasteiger partial charge is 0.306 e. The molecule has 0 amide bonds. The van der Waals surface area contributed by atoms with Gasteiger partial charge in [0, 0.05) is 24.5 Å². The van der Waals surface area contributed by atoms with Gasteiger partial charge in [0.15, 0.2) is 0 Å². The van der Waals surface area contributed by atoms with Gasteiger partial charge in [-0.25, -0.2) is 0 Å². The summed E-state index contributed by atoms with van der Waals surface area (Å²) in [6, 6.07) is 8.51. The molecular formula is C14H19NO3S. The number of benzene rings is 1. The standard InChI is InChI=1S/C14H19NO3S/c1-19-13-4-2-11(3-5-13)9-15-6-7-18-12(10-15)8-14(16)17/h2-5,12H,6-10H2,1H3,(H,16,17). The van der Waals surface area contributed by atoms with Gasteiger partial charge >= 0.3 is 5.97 Å². The van der Waals surface area contributed by atoms with Gasteiger partial charge in [-0.05, 0) is 24.0 Å². The summed E-state index contributed by atoms with van der Waals surface area (Å²) in [5.41, 5.74) is 1.26. The molecule has 4 nitrogen and oxygen atoms in total. The predicted molar refractivity (Wildman–Crippen MR) is 75.5 cm³/mol. The average molecular weight is 281 g/mol. The van der Waals surface area contributed by atoms with Gasteiger partial charge in [0.25, 0.3) is 0 Å². The lowest BCUT2D eigenvalue weighted by Crippen LogP contribution is -2.42. The molecule has 0 bridgehead atoms. The molecule has 0 radical (unpaired) electrons. The molecule has 104 valence electrons. The molecule has 1 unspecified atom stereocenters. The predicted octanol–water partition coefficient (Wildman–Crippen LogP) is 2.08. The van der Waals surface area contributed by atoms with Crippen molar-refractivity contribution in [2.24, 2.45) is 0 Å². The van der Waals surface area contributed by atoms with Crippen LogP contribution < -0.4 is 0 Å². The Hall–Kier alpha value is -1.04. The summed E-state index contributed by atoms with van der Waals surface area (Å²) in [5, 5.41) is 8.80. The summed E-state index contributed by atoms with van der Waals surface area (Å²) in [6.45, 7) is 3.02. The lowest BCUT2D eigenvalue weighted by atomic mass is 10.1. The van der Waals surface area contributed by atoms with Gasteiger partial charge in [-0.15, -0.1) is 11.8 Å². The van der Waals surface area contributed by atoms with Crippen molar-refractivity contribution >= 4 is 17.7 Å². The highest BCUT2D eigenvalue weighted by atomic mass is 32.2. The minimum absolute atomic E-state index is 0.0852. The van der Waals surface area contributed by atoms with E-state index in [1.165, 1.54) is 10.5 Å². The normalized spacial score (nSPS) is 20.4. The van der Waals surface area contributed by atoms with Crippen molar-refractivity contribution in [3.05, 3.63) is 29.8 Å². The second-order valence-electron chi connectivity index (χ2n) is 4.67. The Labute approximate surface area is 117 Å². The van der Waals surface area contributed by atoms with Crippen LogP contribution in [0.4, 0.5) is 0 Å². The van der Waals surface area contributed by atoms with Crippen molar-refractivity contribution in [1.29, 1.82) is 0 Å². The summed E-state index contributed by atoms with van der Waals surface area (Å²) in [6.07, 6.45) is 1.96. The zero-order valence-corrected chi connectivity index (χ0v) is 11.9. The van der Waals surface area contributed by atoms with E-state index in [-0.39, 0.29) is 12.5 Å². The average Bonchev–Trinajstić information content (AvgIpc) is 2.39. The van der Waals surface area contributed by atoms with Gasteiger partial charge in [-0.2, -0.15) is 0 Å². The molecule has 1 aliphatic rings. The highest BCUT2D eigenvalue weighted by Gasteiger charge is 2.22. The summed E-state index contributed by atoms with van der Waals surface area (Å²) in [4.78, 5) is 14.2. The molecule has 1 aromatic carbocycles. The molecule has 1 fully saturated rings. The molecule has 0 aliphatic carbocycles. The first-order valence-corrected chi connectivity index (χ1v) is 7.58. The summed E-state index contributed by atoms with van der Waals surface area (Å²) in [5.74, 6) is -0.795. The van der Waals surface area contributed by atoms with Crippen LogP contribution >= 0.6 is 11.8 Å². The Balaban J connectivity index is 1.88. The highest BCUT2D eigenvalue weighted by molar-refractivity contribution is 7.98. The van der Waals surface area contributed by atoms with Crippen molar-refractivity contribution in [3.63, 3.8) is 0 Å².